The van der Waals surface area contributed by atoms with Crippen molar-refractivity contribution in [2.75, 3.05) is 25.1 Å². The van der Waals surface area contributed by atoms with E-state index in [2.05, 4.69) is 20.3 Å². The van der Waals surface area contributed by atoms with Crippen LogP contribution in [0.3, 0.4) is 0 Å². The van der Waals surface area contributed by atoms with Crippen molar-refractivity contribution in [2.24, 2.45) is 0 Å². The summed E-state index contributed by atoms with van der Waals surface area (Å²) in [5, 5.41) is 41.4. The Morgan fingerprint density at radius 3 is 2.58 bits per heavy atom. The van der Waals surface area contributed by atoms with Crippen LogP contribution in [0, 0.1) is 0 Å². The van der Waals surface area contributed by atoms with E-state index in [0.717, 1.165) is 32.2 Å². The minimum Gasteiger partial charge on any atom is -0.396 e. The molecule has 0 aliphatic carbocycles. The van der Waals surface area contributed by atoms with Gasteiger partial charge in [-0.1, -0.05) is 12.8 Å². The number of imidazole rings is 1. The molecule has 1 aliphatic heterocycles. The fraction of sp³-hybridized carbons (Fsp3) is 0.688. The van der Waals surface area contributed by atoms with Crippen LogP contribution in [0.25, 0.3) is 11.2 Å². The second-order valence-electron chi connectivity index (χ2n) is 6.34. The lowest BCUT2D eigenvalue weighted by Crippen LogP contribution is -2.33. The molecule has 10 nitrogen and oxygen atoms in total. The molecule has 0 amide bonds. The van der Waals surface area contributed by atoms with Crippen LogP contribution in [0.2, 0.25) is 0 Å². The normalized spacial score (nSPS) is 25.8. The number of rotatable bonds is 9. The number of nitrogens with one attached hydrogen (secondary N) is 1. The topological polar surface area (TPSA) is 146 Å². The standard InChI is InChI=1S/C16H25N5O5/c22-6-4-2-1-3-5-17-14-11-15(19-8-18-14)21(9-20-11)16-13(25)12(24)10(7-23)26-16/h8-10,12-13,16,22-25H,1-7H2,(H,17,18,19)/t10-,12-,13-,16-/m1/s1. The first kappa shape index (κ1) is 18.9. The van der Waals surface area contributed by atoms with Crippen molar-refractivity contribution in [3.05, 3.63) is 12.7 Å². The number of aromatic nitrogens is 4. The quantitative estimate of drug-likeness (QED) is 0.367. The number of ether oxygens (including phenoxy) is 1. The van der Waals surface area contributed by atoms with Gasteiger partial charge in [-0.25, -0.2) is 15.0 Å². The molecule has 0 saturated carbocycles. The summed E-state index contributed by atoms with van der Waals surface area (Å²) in [7, 11) is 0. The van der Waals surface area contributed by atoms with Crippen molar-refractivity contribution in [3.8, 4) is 0 Å². The molecule has 0 radical (unpaired) electrons. The van der Waals surface area contributed by atoms with Crippen LogP contribution < -0.4 is 5.32 Å². The summed E-state index contributed by atoms with van der Waals surface area (Å²) in [6, 6.07) is 0. The molecule has 2 aromatic heterocycles. The summed E-state index contributed by atoms with van der Waals surface area (Å²) < 4.78 is 7.07. The van der Waals surface area contributed by atoms with Crippen LogP contribution in [-0.4, -0.2) is 78.0 Å². The number of unbranched alkanes of at least 4 members (excludes halogenated alkanes) is 3. The van der Waals surface area contributed by atoms with Gasteiger partial charge in [0.1, 0.15) is 24.6 Å². The molecule has 0 bridgehead atoms. The summed E-state index contributed by atoms with van der Waals surface area (Å²) in [4.78, 5) is 12.7. The van der Waals surface area contributed by atoms with Crippen LogP contribution in [0.5, 0.6) is 0 Å². The van der Waals surface area contributed by atoms with Gasteiger partial charge in [0.15, 0.2) is 23.2 Å². The van der Waals surface area contributed by atoms with Gasteiger partial charge in [-0.3, -0.25) is 4.57 Å². The van der Waals surface area contributed by atoms with Crippen molar-refractivity contribution < 1.29 is 25.2 Å². The predicted octanol–water partition coefficient (Wildman–Crippen LogP) is -0.598. The van der Waals surface area contributed by atoms with Gasteiger partial charge >= 0.3 is 0 Å². The molecule has 3 rings (SSSR count). The van der Waals surface area contributed by atoms with Gasteiger partial charge in [0.25, 0.3) is 0 Å². The van der Waals surface area contributed by atoms with Crippen LogP contribution in [-0.2, 0) is 4.74 Å². The lowest BCUT2D eigenvalue weighted by molar-refractivity contribution is -0.0511. The Morgan fingerprint density at radius 1 is 1.04 bits per heavy atom. The number of aliphatic hydroxyl groups excluding tert-OH is 4. The van der Waals surface area contributed by atoms with Crippen molar-refractivity contribution in [3.63, 3.8) is 0 Å². The number of aliphatic hydroxyl groups is 4. The molecule has 10 heteroatoms. The first-order valence-corrected chi connectivity index (χ1v) is 8.82. The molecule has 0 unspecified atom stereocenters. The molecule has 1 saturated heterocycles. The maximum atomic E-state index is 10.2. The Kier molecular flexibility index (Phi) is 6.33. The SMILES string of the molecule is OCCCCCCNc1ncnc2c1ncn2[C@@H]1O[C@H](CO)[C@@H](O)[C@H]1O. The zero-order chi connectivity index (χ0) is 18.5. The molecule has 1 fully saturated rings. The number of hydrogen-bond donors (Lipinski definition) is 5. The highest BCUT2D eigenvalue weighted by Gasteiger charge is 2.44. The highest BCUT2D eigenvalue weighted by atomic mass is 16.6. The van der Waals surface area contributed by atoms with Gasteiger partial charge in [-0.05, 0) is 12.8 Å². The van der Waals surface area contributed by atoms with Gasteiger partial charge in [0.05, 0.1) is 12.9 Å². The Bertz CT molecular complexity index is 711. The van der Waals surface area contributed by atoms with Crippen LogP contribution in [0.15, 0.2) is 12.7 Å². The molecule has 4 atom stereocenters. The second kappa shape index (κ2) is 8.69. The maximum Gasteiger partial charge on any atom is 0.167 e. The van der Waals surface area contributed by atoms with Crippen molar-refractivity contribution in [1.82, 2.24) is 19.5 Å². The maximum absolute atomic E-state index is 10.2. The molecule has 26 heavy (non-hydrogen) atoms. The average molecular weight is 367 g/mol. The summed E-state index contributed by atoms with van der Waals surface area (Å²) >= 11 is 0. The van der Waals surface area contributed by atoms with E-state index in [1.807, 2.05) is 0 Å². The van der Waals surface area contributed by atoms with Gasteiger partial charge in [-0.2, -0.15) is 0 Å². The van der Waals surface area contributed by atoms with Crippen LogP contribution in [0.4, 0.5) is 5.82 Å². The van der Waals surface area contributed by atoms with E-state index < -0.39 is 24.5 Å². The van der Waals surface area contributed by atoms with E-state index in [1.54, 1.807) is 0 Å². The smallest absolute Gasteiger partial charge is 0.167 e. The lowest BCUT2D eigenvalue weighted by atomic mass is 10.1. The summed E-state index contributed by atoms with van der Waals surface area (Å²) in [5.74, 6) is 0.586. The zero-order valence-corrected chi connectivity index (χ0v) is 14.4. The molecule has 0 spiro atoms. The average Bonchev–Trinajstić information content (AvgIpc) is 3.20. The molecular formula is C16H25N5O5. The highest BCUT2D eigenvalue weighted by Crippen LogP contribution is 2.32. The van der Waals surface area contributed by atoms with Crippen LogP contribution >= 0.6 is 0 Å². The number of nitrogens with zero attached hydrogens (tertiary/aromatic N) is 4. The Balaban J connectivity index is 1.71. The number of fused-ring (bicyclic) bond motifs is 1. The molecule has 2 aromatic rings. The van der Waals surface area contributed by atoms with E-state index in [9.17, 15) is 15.3 Å². The van der Waals surface area contributed by atoms with Gasteiger partial charge in [0, 0.05) is 13.2 Å². The van der Waals surface area contributed by atoms with E-state index in [4.69, 9.17) is 9.84 Å². The molecule has 3 heterocycles. The summed E-state index contributed by atoms with van der Waals surface area (Å²) in [6.07, 6.45) is 2.52. The third kappa shape index (κ3) is 3.79. The first-order valence-electron chi connectivity index (χ1n) is 8.82. The third-order valence-electron chi connectivity index (χ3n) is 4.53. The van der Waals surface area contributed by atoms with Crippen LogP contribution in [0.1, 0.15) is 31.9 Å². The van der Waals surface area contributed by atoms with Crippen molar-refractivity contribution >= 4 is 17.0 Å². The minimum atomic E-state index is -1.19. The summed E-state index contributed by atoms with van der Waals surface area (Å²) in [5.41, 5.74) is 1.01. The Morgan fingerprint density at radius 2 is 1.85 bits per heavy atom. The fourth-order valence-corrected chi connectivity index (χ4v) is 3.07. The third-order valence-corrected chi connectivity index (χ3v) is 4.53. The number of hydrogen-bond acceptors (Lipinski definition) is 9. The highest BCUT2D eigenvalue weighted by molar-refractivity contribution is 5.82. The van der Waals surface area contributed by atoms with Gasteiger partial charge < -0.3 is 30.5 Å². The Labute approximate surface area is 150 Å². The zero-order valence-electron chi connectivity index (χ0n) is 14.4. The van der Waals surface area contributed by atoms with Crippen molar-refractivity contribution in [1.29, 1.82) is 0 Å². The molecule has 5 N–H and O–H groups in total. The second-order valence-corrected chi connectivity index (χ2v) is 6.34. The molecule has 144 valence electrons. The fourth-order valence-electron chi connectivity index (χ4n) is 3.07. The summed E-state index contributed by atoms with van der Waals surface area (Å²) in [6.45, 7) is 0.552. The monoisotopic (exact) mass is 367 g/mol. The van der Waals surface area contributed by atoms with Crippen molar-refractivity contribution in [2.45, 2.75) is 50.2 Å². The molecule has 1 aliphatic rings. The predicted molar refractivity (Wildman–Crippen MR) is 92.4 cm³/mol. The van der Waals surface area contributed by atoms with Gasteiger partial charge in [0.2, 0.25) is 0 Å². The Hall–Kier alpha value is -1.85. The number of anilines is 1. The van der Waals surface area contributed by atoms with E-state index in [0.29, 0.717) is 17.0 Å². The first-order chi connectivity index (χ1) is 12.7. The molecule has 0 aromatic carbocycles. The van der Waals surface area contributed by atoms with Gasteiger partial charge in [-0.15, -0.1) is 0 Å². The molecular weight excluding hydrogens is 342 g/mol. The minimum absolute atomic E-state index is 0.221. The van der Waals surface area contributed by atoms with E-state index in [-0.39, 0.29) is 13.2 Å². The largest absolute Gasteiger partial charge is 0.396 e. The lowest BCUT2D eigenvalue weighted by Gasteiger charge is -2.16. The van der Waals surface area contributed by atoms with E-state index >= 15 is 0 Å². The van der Waals surface area contributed by atoms with E-state index in [1.165, 1.54) is 17.2 Å².